The fraction of sp³-hybridized carbons (Fsp3) is 0.900. The van der Waals surface area contributed by atoms with Gasteiger partial charge in [-0.2, -0.15) is 0 Å². The van der Waals surface area contributed by atoms with Gasteiger partial charge in [0.15, 0.2) is 0 Å². The van der Waals surface area contributed by atoms with E-state index in [4.69, 9.17) is 10.2 Å². The SMILES string of the molecule is CC(C)CO.CCCOC(=O)C(C)O.[Ti]. The van der Waals surface area contributed by atoms with Crippen LogP contribution in [0.5, 0.6) is 0 Å². The Labute approximate surface area is 107 Å². The van der Waals surface area contributed by atoms with Gasteiger partial charge in [-0.15, -0.1) is 0 Å². The second kappa shape index (κ2) is 14.1. The van der Waals surface area contributed by atoms with Crippen LogP contribution < -0.4 is 0 Å². The van der Waals surface area contributed by atoms with E-state index < -0.39 is 12.1 Å². The quantitative estimate of drug-likeness (QED) is 0.579. The van der Waals surface area contributed by atoms with Crippen LogP contribution >= 0.6 is 0 Å². The second-order valence-electron chi connectivity index (χ2n) is 3.42. The molecule has 90 valence electrons. The molecule has 0 aromatic heterocycles. The molecule has 0 rings (SSSR count). The minimum atomic E-state index is -0.989. The molecule has 2 N–H and O–H groups in total. The third kappa shape index (κ3) is 20.2. The number of rotatable bonds is 4. The molecule has 0 amide bonds. The van der Waals surface area contributed by atoms with Crippen molar-refractivity contribution in [3.63, 3.8) is 0 Å². The van der Waals surface area contributed by atoms with Gasteiger partial charge in [0.05, 0.1) is 6.61 Å². The van der Waals surface area contributed by atoms with Crippen LogP contribution in [0.25, 0.3) is 0 Å². The van der Waals surface area contributed by atoms with Crippen LogP contribution in [0.1, 0.15) is 34.1 Å². The van der Waals surface area contributed by atoms with Crippen molar-refractivity contribution < 1.29 is 41.5 Å². The summed E-state index contributed by atoms with van der Waals surface area (Å²) in [6.07, 6.45) is -0.199. The predicted octanol–water partition coefficient (Wildman–Crippen LogP) is 0.953. The largest absolute Gasteiger partial charge is 0.464 e. The van der Waals surface area contributed by atoms with E-state index in [-0.39, 0.29) is 21.7 Å². The fourth-order valence-electron chi connectivity index (χ4n) is 0.323. The average molecular weight is 254 g/mol. The normalized spacial score (nSPS) is 10.9. The minimum absolute atomic E-state index is 0. The molecule has 0 aliphatic heterocycles. The fourth-order valence-corrected chi connectivity index (χ4v) is 0.323. The molecule has 4 nitrogen and oxygen atoms in total. The molecular formula is C10H22O4Ti. The second-order valence-corrected chi connectivity index (χ2v) is 3.42. The summed E-state index contributed by atoms with van der Waals surface area (Å²) >= 11 is 0. The Kier molecular flexibility index (Phi) is 19.3. The molecule has 0 aliphatic rings. The first-order valence-electron chi connectivity index (χ1n) is 4.91. The molecule has 0 aromatic carbocycles. The summed E-state index contributed by atoms with van der Waals surface area (Å²) < 4.78 is 4.56. The van der Waals surface area contributed by atoms with Crippen molar-refractivity contribution in [2.45, 2.75) is 40.2 Å². The van der Waals surface area contributed by atoms with Gasteiger partial charge < -0.3 is 14.9 Å². The van der Waals surface area contributed by atoms with E-state index in [9.17, 15) is 4.79 Å². The molecule has 0 saturated carbocycles. The van der Waals surface area contributed by atoms with E-state index in [0.717, 1.165) is 6.42 Å². The van der Waals surface area contributed by atoms with Gasteiger partial charge in [-0.25, -0.2) is 4.79 Å². The predicted molar refractivity (Wildman–Crippen MR) is 54.9 cm³/mol. The van der Waals surface area contributed by atoms with E-state index in [1.165, 1.54) is 6.92 Å². The number of hydrogen-bond acceptors (Lipinski definition) is 4. The smallest absolute Gasteiger partial charge is 0.334 e. The minimum Gasteiger partial charge on any atom is -0.464 e. The molecule has 0 aliphatic carbocycles. The molecule has 5 heteroatoms. The van der Waals surface area contributed by atoms with Gasteiger partial charge in [-0.05, 0) is 19.3 Å². The van der Waals surface area contributed by atoms with Crippen LogP contribution in [0.2, 0.25) is 0 Å². The Bertz CT molecular complexity index is 137. The van der Waals surface area contributed by atoms with Crippen LogP contribution in [0, 0.1) is 5.92 Å². The molecule has 0 heterocycles. The van der Waals surface area contributed by atoms with Gasteiger partial charge in [0.2, 0.25) is 0 Å². The van der Waals surface area contributed by atoms with Gasteiger partial charge in [-0.3, -0.25) is 0 Å². The zero-order valence-electron chi connectivity index (χ0n) is 9.99. The van der Waals surface area contributed by atoms with E-state index in [1.54, 1.807) is 0 Å². The molecule has 0 spiro atoms. The zero-order valence-corrected chi connectivity index (χ0v) is 11.5. The molecule has 15 heavy (non-hydrogen) atoms. The zero-order chi connectivity index (χ0) is 11.6. The summed E-state index contributed by atoms with van der Waals surface area (Å²) in [5.41, 5.74) is 0. The van der Waals surface area contributed by atoms with Crippen molar-refractivity contribution in [1.82, 2.24) is 0 Å². The van der Waals surface area contributed by atoms with Crippen molar-refractivity contribution in [2.75, 3.05) is 13.2 Å². The maximum Gasteiger partial charge on any atom is 0.334 e. The monoisotopic (exact) mass is 254 g/mol. The van der Waals surface area contributed by atoms with Gasteiger partial charge in [-0.1, -0.05) is 20.8 Å². The first-order valence-corrected chi connectivity index (χ1v) is 4.91. The van der Waals surface area contributed by atoms with Crippen LogP contribution in [0.15, 0.2) is 0 Å². The third-order valence-electron chi connectivity index (χ3n) is 1.15. The Morgan fingerprint density at radius 2 is 1.73 bits per heavy atom. The summed E-state index contributed by atoms with van der Waals surface area (Å²) in [5.74, 6) is -0.105. The van der Waals surface area contributed by atoms with Gasteiger partial charge in [0.1, 0.15) is 6.10 Å². The van der Waals surface area contributed by atoms with Crippen molar-refractivity contribution in [2.24, 2.45) is 5.92 Å². The molecular weight excluding hydrogens is 232 g/mol. The van der Waals surface area contributed by atoms with E-state index in [0.29, 0.717) is 19.1 Å². The summed E-state index contributed by atoms with van der Waals surface area (Å²) in [6, 6.07) is 0. The Hall–Kier alpha value is 0.104. The van der Waals surface area contributed by atoms with Crippen molar-refractivity contribution in [3.05, 3.63) is 0 Å². The maximum atomic E-state index is 10.4. The van der Waals surface area contributed by atoms with Crippen molar-refractivity contribution in [1.29, 1.82) is 0 Å². The molecule has 0 bridgehead atoms. The van der Waals surface area contributed by atoms with Crippen LogP contribution in [0.4, 0.5) is 0 Å². The topological polar surface area (TPSA) is 66.8 Å². The maximum absolute atomic E-state index is 10.4. The molecule has 0 fully saturated rings. The van der Waals surface area contributed by atoms with Gasteiger partial charge in [0.25, 0.3) is 0 Å². The van der Waals surface area contributed by atoms with Gasteiger partial charge >= 0.3 is 5.97 Å². The Morgan fingerprint density at radius 1 is 1.33 bits per heavy atom. The van der Waals surface area contributed by atoms with Crippen LogP contribution in [-0.2, 0) is 31.2 Å². The summed E-state index contributed by atoms with van der Waals surface area (Å²) in [4.78, 5) is 10.4. The number of ether oxygens (including phenoxy) is 1. The number of esters is 1. The number of aliphatic hydroxyl groups excluding tert-OH is 2. The van der Waals surface area contributed by atoms with Crippen LogP contribution in [0.3, 0.4) is 0 Å². The van der Waals surface area contributed by atoms with Crippen molar-refractivity contribution in [3.8, 4) is 0 Å². The standard InChI is InChI=1S/C6H12O3.C4H10O.Ti/c1-3-4-9-6(8)5(2)7;1-4(2)3-5;/h5,7H,3-4H2,1-2H3;4-5H,3H2,1-2H3;. The summed E-state index contributed by atoms with van der Waals surface area (Å²) in [7, 11) is 0. The molecule has 1 unspecified atom stereocenters. The van der Waals surface area contributed by atoms with E-state index in [1.807, 2.05) is 20.8 Å². The Balaban J connectivity index is -0.000000208. The van der Waals surface area contributed by atoms with Crippen molar-refractivity contribution >= 4 is 5.97 Å². The molecule has 1 atom stereocenters. The Morgan fingerprint density at radius 3 is 1.93 bits per heavy atom. The van der Waals surface area contributed by atoms with Gasteiger partial charge in [0, 0.05) is 28.3 Å². The van der Waals surface area contributed by atoms with E-state index in [2.05, 4.69) is 4.74 Å². The third-order valence-corrected chi connectivity index (χ3v) is 1.15. The number of hydrogen-bond donors (Lipinski definition) is 2. The molecule has 0 aromatic rings. The first-order chi connectivity index (χ1) is 6.45. The number of carbonyl (C=O) groups is 1. The first kappa shape index (κ1) is 20.5. The van der Waals surface area contributed by atoms with E-state index >= 15 is 0 Å². The number of aliphatic hydroxyl groups is 2. The van der Waals surface area contributed by atoms with Crippen LogP contribution in [-0.4, -0.2) is 35.5 Å². The summed E-state index contributed by atoms with van der Waals surface area (Å²) in [6.45, 7) is 7.93. The number of carbonyl (C=O) groups excluding carboxylic acids is 1. The molecule has 0 saturated heterocycles. The molecule has 0 radical (unpaired) electrons. The average Bonchev–Trinajstić information content (AvgIpc) is 2.14. The summed E-state index contributed by atoms with van der Waals surface area (Å²) in [5, 5.41) is 16.7.